The van der Waals surface area contributed by atoms with E-state index in [9.17, 15) is 4.79 Å². The van der Waals surface area contributed by atoms with E-state index < -0.39 is 0 Å². The average molecular weight is 342 g/mol. The number of aliphatic imine (C=N–C) groups is 1. The zero-order valence-electron chi connectivity index (χ0n) is 13.3. The quantitative estimate of drug-likeness (QED) is 0.362. The number of benzene rings is 3. The van der Waals surface area contributed by atoms with Crippen molar-refractivity contribution in [2.24, 2.45) is 4.99 Å². The molecule has 0 atom stereocenters. The zero-order chi connectivity index (χ0) is 17.1. The molecule has 1 aromatic heterocycles. The van der Waals surface area contributed by atoms with Crippen LogP contribution in [0.25, 0.3) is 20.8 Å². The Morgan fingerprint density at radius 3 is 2.28 bits per heavy atom. The van der Waals surface area contributed by atoms with Crippen molar-refractivity contribution >= 4 is 39.7 Å². The van der Waals surface area contributed by atoms with Crippen molar-refractivity contribution in [3.8, 4) is 10.6 Å². The third-order valence-electron chi connectivity index (χ3n) is 3.84. The van der Waals surface area contributed by atoms with Crippen LogP contribution in [-0.4, -0.2) is 17.5 Å². The second-order valence-electron chi connectivity index (χ2n) is 5.58. The van der Waals surface area contributed by atoms with Gasteiger partial charge in [-0.25, -0.2) is 4.98 Å². The minimum Gasteiger partial charge on any atom is -0.298 e. The molecule has 0 spiro atoms. The highest BCUT2D eigenvalue weighted by molar-refractivity contribution is 7.21. The maximum Gasteiger partial charge on any atom is 0.150 e. The first-order chi connectivity index (χ1) is 12.3. The van der Waals surface area contributed by atoms with Crippen LogP contribution >= 0.6 is 11.3 Å². The van der Waals surface area contributed by atoms with Gasteiger partial charge in [-0.1, -0.05) is 36.4 Å². The third-order valence-corrected chi connectivity index (χ3v) is 4.93. The number of thiazole rings is 1. The number of aldehydes is 1. The van der Waals surface area contributed by atoms with Crippen molar-refractivity contribution in [3.05, 3.63) is 83.9 Å². The second kappa shape index (κ2) is 6.79. The van der Waals surface area contributed by atoms with Crippen molar-refractivity contribution in [1.82, 2.24) is 4.98 Å². The number of hydrogen-bond acceptors (Lipinski definition) is 4. The standard InChI is InChI=1S/C21H14N2OS/c24-14-16-7-5-15(6-8-16)13-22-18-11-9-17(10-12-18)21-23-19-3-1-2-4-20(19)25-21/h1-14H/b22-13+. The number of fused-ring (bicyclic) bond motifs is 1. The van der Waals surface area contributed by atoms with E-state index in [1.807, 2.05) is 54.6 Å². The van der Waals surface area contributed by atoms with Gasteiger partial charge >= 0.3 is 0 Å². The molecular formula is C21H14N2OS. The van der Waals surface area contributed by atoms with Gasteiger partial charge in [0.15, 0.2) is 0 Å². The van der Waals surface area contributed by atoms with E-state index in [0.29, 0.717) is 5.56 Å². The van der Waals surface area contributed by atoms with Gasteiger partial charge in [0.2, 0.25) is 0 Å². The van der Waals surface area contributed by atoms with Gasteiger partial charge in [0, 0.05) is 17.3 Å². The summed E-state index contributed by atoms with van der Waals surface area (Å²) in [6.07, 6.45) is 2.63. The molecule has 0 fully saturated rings. The fourth-order valence-corrected chi connectivity index (χ4v) is 3.47. The van der Waals surface area contributed by atoms with Gasteiger partial charge in [-0.2, -0.15) is 0 Å². The van der Waals surface area contributed by atoms with E-state index >= 15 is 0 Å². The molecule has 0 aliphatic carbocycles. The summed E-state index contributed by atoms with van der Waals surface area (Å²) in [5.74, 6) is 0. The highest BCUT2D eigenvalue weighted by Gasteiger charge is 2.05. The molecule has 0 aliphatic heterocycles. The van der Waals surface area contributed by atoms with E-state index in [4.69, 9.17) is 0 Å². The Balaban J connectivity index is 1.54. The van der Waals surface area contributed by atoms with E-state index in [0.717, 1.165) is 33.6 Å². The maximum atomic E-state index is 10.7. The Morgan fingerprint density at radius 2 is 1.56 bits per heavy atom. The Morgan fingerprint density at radius 1 is 0.840 bits per heavy atom. The van der Waals surface area contributed by atoms with Gasteiger partial charge in [0.1, 0.15) is 11.3 Å². The summed E-state index contributed by atoms with van der Waals surface area (Å²) in [6.45, 7) is 0. The Kier molecular flexibility index (Phi) is 4.19. The number of nitrogens with zero attached hydrogens (tertiary/aromatic N) is 2. The number of aromatic nitrogens is 1. The SMILES string of the molecule is O=Cc1ccc(/C=N/c2ccc(-c3nc4ccccc4s3)cc2)cc1. The van der Waals surface area contributed by atoms with Crippen LogP contribution in [0.3, 0.4) is 0 Å². The van der Waals surface area contributed by atoms with Crippen LogP contribution in [0, 0.1) is 0 Å². The summed E-state index contributed by atoms with van der Waals surface area (Å²) in [4.78, 5) is 19.8. The predicted octanol–water partition coefficient (Wildman–Crippen LogP) is 5.53. The molecule has 1 heterocycles. The molecule has 4 aromatic rings. The fourth-order valence-electron chi connectivity index (χ4n) is 2.50. The van der Waals surface area contributed by atoms with E-state index in [-0.39, 0.29) is 0 Å². The molecule has 0 saturated heterocycles. The highest BCUT2D eigenvalue weighted by Crippen LogP contribution is 2.30. The van der Waals surface area contributed by atoms with Crippen molar-refractivity contribution in [1.29, 1.82) is 0 Å². The summed E-state index contributed by atoms with van der Waals surface area (Å²) in [5.41, 5.74) is 4.63. The number of carbonyl (C=O) groups excluding carboxylic acids is 1. The first-order valence-electron chi connectivity index (χ1n) is 7.87. The van der Waals surface area contributed by atoms with Crippen LogP contribution in [0.4, 0.5) is 5.69 Å². The fraction of sp³-hybridized carbons (Fsp3) is 0. The molecule has 0 radical (unpaired) electrons. The smallest absolute Gasteiger partial charge is 0.150 e. The van der Waals surface area contributed by atoms with Crippen molar-refractivity contribution < 1.29 is 4.79 Å². The van der Waals surface area contributed by atoms with Crippen LogP contribution in [-0.2, 0) is 0 Å². The first kappa shape index (κ1) is 15.4. The summed E-state index contributed by atoms with van der Waals surface area (Å²) < 4.78 is 1.19. The number of para-hydroxylation sites is 1. The van der Waals surface area contributed by atoms with Gasteiger partial charge in [-0.3, -0.25) is 9.79 Å². The van der Waals surface area contributed by atoms with Crippen LogP contribution in [0.1, 0.15) is 15.9 Å². The lowest BCUT2D eigenvalue weighted by Gasteiger charge is -1.98. The minimum atomic E-state index is 0.664. The molecule has 25 heavy (non-hydrogen) atoms. The third kappa shape index (κ3) is 3.39. The summed E-state index contributed by atoms with van der Waals surface area (Å²) in [5, 5.41) is 1.01. The molecule has 0 N–H and O–H groups in total. The Bertz CT molecular complexity index is 1010. The molecule has 0 saturated carbocycles. The van der Waals surface area contributed by atoms with Crippen LogP contribution in [0.15, 0.2) is 77.8 Å². The Hall–Kier alpha value is -3.11. The van der Waals surface area contributed by atoms with Gasteiger partial charge in [0.25, 0.3) is 0 Å². The highest BCUT2D eigenvalue weighted by atomic mass is 32.1. The lowest BCUT2D eigenvalue weighted by atomic mass is 10.1. The molecule has 0 aliphatic rings. The normalized spacial score (nSPS) is 11.2. The Labute approximate surface area is 149 Å². The van der Waals surface area contributed by atoms with Crippen molar-refractivity contribution in [3.63, 3.8) is 0 Å². The largest absolute Gasteiger partial charge is 0.298 e. The summed E-state index contributed by atoms with van der Waals surface area (Å²) in [7, 11) is 0. The minimum absolute atomic E-state index is 0.664. The van der Waals surface area contributed by atoms with Gasteiger partial charge in [0.05, 0.1) is 15.9 Å². The lowest BCUT2D eigenvalue weighted by Crippen LogP contribution is -1.83. The maximum absolute atomic E-state index is 10.7. The molecule has 3 nitrogen and oxygen atoms in total. The average Bonchev–Trinajstić information content (AvgIpc) is 3.11. The number of hydrogen-bond donors (Lipinski definition) is 0. The zero-order valence-corrected chi connectivity index (χ0v) is 14.1. The van der Waals surface area contributed by atoms with E-state index in [1.165, 1.54) is 4.70 Å². The van der Waals surface area contributed by atoms with E-state index in [1.54, 1.807) is 29.7 Å². The summed E-state index contributed by atoms with van der Waals surface area (Å²) >= 11 is 1.69. The predicted molar refractivity (Wildman–Crippen MR) is 104 cm³/mol. The molecule has 0 unspecified atom stereocenters. The molecule has 4 rings (SSSR count). The lowest BCUT2D eigenvalue weighted by molar-refractivity contribution is 0.112. The summed E-state index contributed by atoms with van der Waals surface area (Å²) in [6, 6.07) is 23.5. The number of rotatable bonds is 4. The molecular weight excluding hydrogens is 328 g/mol. The molecule has 0 amide bonds. The molecule has 120 valence electrons. The number of carbonyl (C=O) groups is 1. The monoisotopic (exact) mass is 342 g/mol. The first-order valence-corrected chi connectivity index (χ1v) is 8.69. The van der Waals surface area contributed by atoms with Crippen molar-refractivity contribution in [2.75, 3.05) is 0 Å². The van der Waals surface area contributed by atoms with Gasteiger partial charge in [-0.15, -0.1) is 11.3 Å². The van der Waals surface area contributed by atoms with Crippen LogP contribution in [0.5, 0.6) is 0 Å². The van der Waals surface area contributed by atoms with Crippen molar-refractivity contribution in [2.45, 2.75) is 0 Å². The van der Waals surface area contributed by atoms with Gasteiger partial charge in [-0.05, 0) is 42.0 Å². The topological polar surface area (TPSA) is 42.3 Å². The van der Waals surface area contributed by atoms with Crippen LogP contribution < -0.4 is 0 Å². The molecule has 3 aromatic carbocycles. The van der Waals surface area contributed by atoms with E-state index in [2.05, 4.69) is 16.0 Å². The van der Waals surface area contributed by atoms with Gasteiger partial charge < -0.3 is 0 Å². The second-order valence-corrected chi connectivity index (χ2v) is 6.61. The van der Waals surface area contributed by atoms with Crippen LogP contribution in [0.2, 0.25) is 0 Å². The molecule has 0 bridgehead atoms. The molecule has 4 heteroatoms.